The molecule has 2 aliphatic heterocycles. The first-order chi connectivity index (χ1) is 19.9. The molecular weight excluding hydrogens is 530 g/mol. The molecule has 3 aromatic rings. The molecule has 0 spiro atoms. The predicted octanol–water partition coefficient (Wildman–Crippen LogP) is 7.12. The lowest BCUT2D eigenvalue weighted by atomic mass is 9.83. The second kappa shape index (κ2) is 13.5. The van der Waals surface area contributed by atoms with Crippen LogP contribution in [0, 0.1) is 11.8 Å². The Morgan fingerprint density at radius 1 is 1.10 bits per heavy atom. The molecule has 1 aromatic carbocycles. The summed E-state index contributed by atoms with van der Waals surface area (Å²) >= 11 is 1.74. The largest absolute Gasteiger partial charge is 0.337 e. The molecule has 2 atom stereocenters. The summed E-state index contributed by atoms with van der Waals surface area (Å²) in [5.41, 5.74) is 2.39. The van der Waals surface area contributed by atoms with Crippen molar-refractivity contribution in [2.45, 2.75) is 91.1 Å². The summed E-state index contributed by atoms with van der Waals surface area (Å²) in [4.78, 5) is 37.7. The van der Waals surface area contributed by atoms with Crippen LogP contribution in [0.15, 0.2) is 35.7 Å². The number of thiophene rings is 1. The molecule has 2 aromatic heterocycles. The maximum Gasteiger partial charge on any atom is 0.324 e. The lowest BCUT2D eigenvalue weighted by Crippen LogP contribution is -2.53. The number of benzene rings is 1. The van der Waals surface area contributed by atoms with Gasteiger partial charge in [-0.1, -0.05) is 40.2 Å². The molecule has 0 radical (unpaired) electrons. The second-order valence-corrected chi connectivity index (χ2v) is 13.4. The third kappa shape index (κ3) is 6.69. The predicted molar refractivity (Wildman–Crippen MR) is 168 cm³/mol. The van der Waals surface area contributed by atoms with Crippen molar-refractivity contribution >= 4 is 34.3 Å². The number of aromatic nitrogens is 2. The molecule has 41 heavy (non-hydrogen) atoms. The fourth-order valence-corrected chi connectivity index (χ4v) is 7.65. The van der Waals surface area contributed by atoms with Crippen molar-refractivity contribution in [2.24, 2.45) is 11.8 Å². The van der Waals surface area contributed by atoms with E-state index in [-0.39, 0.29) is 17.9 Å². The van der Waals surface area contributed by atoms with Crippen molar-refractivity contribution in [3.8, 4) is 0 Å². The van der Waals surface area contributed by atoms with Crippen molar-refractivity contribution in [1.82, 2.24) is 24.7 Å². The van der Waals surface area contributed by atoms with E-state index in [1.54, 1.807) is 11.3 Å². The van der Waals surface area contributed by atoms with Gasteiger partial charge in [-0.15, -0.1) is 11.3 Å². The fraction of sp³-hybridized carbons (Fsp3) is 0.606. The van der Waals surface area contributed by atoms with Crippen molar-refractivity contribution in [2.75, 3.05) is 26.2 Å². The van der Waals surface area contributed by atoms with Crippen molar-refractivity contribution in [3.63, 3.8) is 0 Å². The van der Waals surface area contributed by atoms with Crippen molar-refractivity contribution in [3.05, 3.63) is 52.0 Å². The number of amides is 3. The van der Waals surface area contributed by atoms with Gasteiger partial charge in [0.15, 0.2) is 0 Å². The summed E-state index contributed by atoms with van der Waals surface area (Å²) in [6.45, 7) is 11.9. The van der Waals surface area contributed by atoms with Crippen LogP contribution in [0.2, 0.25) is 0 Å². The first kappa shape index (κ1) is 29.8. The van der Waals surface area contributed by atoms with Crippen LogP contribution in [0.5, 0.6) is 0 Å². The Kier molecular flexibility index (Phi) is 9.81. The summed E-state index contributed by atoms with van der Waals surface area (Å²) < 4.78 is 2.36. The van der Waals surface area contributed by atoms with E-state index < -0.39 is 0 Å². The van der Waals surface area contributed by atoms with E-state index in [0.29, 0.717) is 36.7 Å². The topological polar surface area (TPSA) is 70.5 Å². The molecule has 2 unspecified atom stereocenters. The number of carbonyl (C=O) groups excluding carboxylic acids is 2. The molecule has 2 fully saturated rings. The molecule has 7 nitrogen and oxygen atoms in total. The average molecular weight is 578 g/mol. The van der Waals surface area contributed by atoms with Crippen LogP contribution in [-0.2, 0) is 6.42 Å². The lowest BCUT2D eigenvalue weighted by molar-refractivity contribution is 0.0589. The first-order valence-corrected chi connectivity index (χ1v) is 16.6. The van der Waals surface area contributed by atoms with Gasteiger partial charge in [-0.25, -0.2) is 9.78 Å². The molecule has 5 rings (SSSR count). The summed E-state index contributed by atoms with van der Waals surface area (Å²) in [6, 6.07) is 10.6. The van der Waals surface area contributed by atoms with E-state index in [1.807, 2.05) is 32.0 Å². The number of hydrogen-bond acceptors (Lipinski definition) is 5. The number of rotatable bonds is 10. The van der Waals surface area contributed by atoms with Crippen molar-refractivity contribution in [1.29, 1.82) is 0 Å². The van der Waals surface area contributed by atoms with Gasteiger partial charge in [0, 0.05) is 42.0 Å². The molecule has 2 aliphatic rings. The van der Waals surface area contributed by atoms with Gasteiger partial charge in [-0.2, -0.15) is 0 Å². The zero-order chi connectivity index (χ0) is 28.9. The number of nitrogens with zero attached hydrogens (tertiary/aromatic N) is 4. The van der Waals surface area contributed by atoms with Crippen LogP contribution >= 0.6 is 11.3 Å². The standard InChI is InChI=1S/C33H47N5O2S/c1-5-26(6-2)38-30-15-14-24(19-28(30)35-31(38)20-27-12-10-18-41-27)32(39)37(22-23(3)4)33(40)34-21-25-11-9-17-36-16-8-7-13-29(25)36/h10,12,14-15,18-19,23,25-26,29H,5-9,11,13,16-17,20-22H2,1-4H3,(H,34,40). The molecule has 0 bridgehead atoms. The molecule has 2 saturated heterocycles. The monoisotopic (exact) mass is 577 g/mol. The number of piperidine rings is 2. The molecule has 0 aliphatic carbocycles. The van der Waals surface area contributed by atoms with Crippen LogP contribution in [-0.4, -0.2) is 63.5 Å². The zero-order valence-corrected chi connectivity index (χ0v) is 26.1. The SMILES string of the molecule is CCC(CC)n1c(Cc2cccs2)nc2cc(C(=O)N(CC(C)C)C(=O)NCC3CCCN4CCCCC34)ccc21. The first-order valence-electron chi connectivity index (χ1n) is 15.8. The van der Waals surface area contributed by atoms with Gasteiger partial charge in [0.05, 0.1) is 11.0 Å². The van der Waals surface area contributed by atoms with Gasteiger partial charge in [0.2, 0.25) is 0 Å². The summed E-state index contributed by atoms with van der Waals surface area (Å²) in [6.07, 6.45) is 8.90. The molecular formula is C33H47N5O2S. The number of imide groups is 1. The molecule has 0 saturated carbocycles. The van der Waals surface area contributed by atoms with Gasteiger partial charge in [-0.05, 0) is 93.1 Å². The third-order valence-electron chi connectivity index (χ3n) is 9.01. The Bertz CT molecular complexity index is 1310. The number of nitrogens with one attached hydrogen (secondary N) is 1. The van der Waals surface area contributed by atoms with Gasteiger partial charge in [-0.3, -0.25) is 9.69 Å². The van der Waals surface area contributed by atoms with E-state index in [9.17, 15) is 9.59 Å². The number of urea groups is 1. The summed E-state index contributed by atoms with van der Waals surface area (Å²) in [5.74, 6) is 1.40. The van der Waals surface area contributed by atoms with E-state index >= 15 is 0 Å². The van der Waals surface area contributed by atoms with Gasteiger partial charge >= 0.3 is 6.03 Å². The van der Waals surface area contributed by atoms with Gasteiger partial charge in [0.25, 0.3) is 5.91 Å². The Morgan fingerprint density at radius 3 is 2.63 bits per heavy atom. The quantitative estimate of drug-likeness (QED) is 0.278. The second-order valence-electron chi connectivity index (χ2n) is 12.3. The highest BCUT2D eigenvalue weighted by Crippen LogP contribution is 2.31. The number of hydrogen-bond donors (Lipinski definition) is 1. The minimum absolute atomic E-state index is 0.170. The third-order valence-corrected chi connectivity index (χ3v) is 9.89. The van der Waals surface area contributed by atoms with E-state index in [4.69, 9.17) is 4.98 Å². The Balaban J connectivity index is 1.37. The molecule has 222 valence electrons. The van der Waals surface area contributed by atoms with Crippen LogP contribution in [0.25, 0.3) is 11.0 Å². The maximum atomic E-state index is 13.9. The number of fused-ring (bicyclic) bond motifs is 2. The Morgan fingerprint density at radius 2 is 1.90 bits per heavy atom. The Hall–Kier alpha value is -2.71. The summed E-state index contributed by atoms with van der Waals surface area (Å²) in [5, 5.41) is 5.27. The highest BCUT2D eigenvalue weighted by atomic mass is 32.1. The van der Waals surface area contributed by atoms with Gasteiger partial charge in [0.1, 0.15) is 5.82 Å². The minimum atomic E-state index is -0.280. The van der Waals surface area contributed by atoms with Crippen LogP contribution in [0.1, 0.15) is 99.7 Å². The zero-order valence-electron chi connectivity index (χ0n) is 25.3. The lowest BCUT2D eigenvalue weighted by Gasteiger charge is -2.44. The van der Waals surface area contributed by atoms with Gasteiger partial charge < -0.3 is 14.8 Å². The number of imidazole rings is 1. The smallest absolute Gasteiger partial charge is 0.324 e. The highest BCUT2D eigenvalue weighted by molar-refractivity contribution is 7.09. The maximum absolute atomic E-state index is 13.9. The molecule has 3 amide bonds. The van der Waals surface area contributed by atoms with E-state index in [2.05, 4.69) is 46.1 Å². The van der Waals surface area contributed by atoms with Crippen LogP contribution in [0.4, 0.5) is 4.79 Å². The number of carbonyl (C=O) groups is 2. The molecule has 1 N–H and O–H groups in total. The fourth-order valence-electron chi connectivity index (χ4n) is 6.94. The average Bonchev–Trinajstić information content (AvgIpc) is 3.62. The van der Waals surface area contributed by atoms with Crippen molar-refractivity contribution < 1.29 is 9.59 Å². The van der Waals surface area contributed by atoms with Crippen LogP contribution < -0.4 is 5.32 Å². The molecule has 8 heteroatoms. The van der Waals surface area contributed by atoms with E-state index in [0.717, 1.165) is 42.5 Å². The highest BCUT2D eigenvalue weighted by Gasteiger charge is 2.34. The van der Waals surface area contributed by atoms with Crippen LogP contribution in [0.3, 0.4) is 0 Å². The normalized spacial score (nSPS) is 19.6. The Labute approximate surface area is 249 Å². The summed E-state index contributed by atoms with van der Waals surface area (Å²) in [7, 11) is 0. The van der Waals surface area contributed by atoms with E-state index in [1.165, 1.54) is 48.5 Å². The minimum Gasteiger partial charge on any atom is -0.337 e. The molecule has 4 heterocycles.